The Labute approximate surface area is 127 Å². The van der Waals surface area contributed by atoms with Gasteiger partial charge in [-0.05, 0) is 20.3 Å². The zero-order valence-corrected chi connectivity index (χ0v) is 14.2. The van der Waals surface area contributed by atoms with Gasteiger partial charge < -0.3 is 9.47 Å². The number of carbonyl (C=O) groups is 2. The standard InChI is InChI=1S/C13H27N2O5P/c1-5-7-8-20-13(17)11(4)15-21(18)14-9-10(3)12(16)19-6-2/h10-11,21H,5-9H2,1-4H3,(H2,14,15,18). The number of hydrogen-bond acceptors (Lipinski definition) is 5. The van der Waals surface area contributed by atoms with E-state index in [1.165, 1.54) is 0 Å². The minimum atomic E-state index is -2.36. The molecule has 3 unspecified atom stereocenters. The third kappa shape index (κ3) is 9.61. The van der Waals surface area contributed by atoms with Crippen LogP contribution in [0.3, 0.4) is 0 Å². The van der Waals surface area contributed by atoms with Gasteiger partial charge in [0.1, 0.15) is 6.04 Å². The van der Waals surface area contributed by atoms with Crippen LogP contribution in [0.5, 0.6) is 0 Å². The Morgan fingerprint density at radius 2 is 1.81 bits per heavy atom. The first-order chi connectivity index (χ1) is 9.92. The molecule has 0 amide bonds. The Bertz CT molecular complexity index is 351. The Kier molecular flexibility index (Phi) is 11.2. The summed E-state index contributed by atoms with van der Waals surface area (Å²) in [5.41, 5.74) is 0. The van der Waals surface area contributed by atoms with Crippen molar-refractivity contribution in [1.82, 2.24) is 10.2 Å². The SMILES string of the molecule is CCCCOC(=O)C(C)N[PH](=O)NCC(C)C(=O)OCC. The van der Waals surface area contributed by atoms with E-state index in [0.717, 1.165) is 12.8 Å². The quantitative estimate of drug-likeness (QED) is 0.338. The maximum atomic E-state index is 11.8. The van der Waals surface area contributed by atoms with Crippen LogP contribution in [0, 0.1) is 5.92 Å². The molecule has 0 saturated carbocycles. The van der Waals surface area contributed by atoms with E-state index >= 15 is 0 Å². The number of carbonyl (C=O) groups excluding carboxylic acids is 2. The molecule has 0 saturated heterocycles. The summed E-state index contributed by atoms with van der Waals surface area (Å²) in [5.74, 6) is -1.17. The highest BCUT2D eigenvalue weighted by Crippen LogP contribution is 2.11. The minimum Gasteiger partial charge on any atom is -0.466 e. The summed E-state index contributed by atoms with van der Waals surface area (Å²) in [5, 5.41) is 5.34. The molecule has 21 heavy (non-hydrogen) atoms. The van der Waals surface area contributed by atoms with Gasteiger partial charge in [0.15, 0.2) is 0 Å². The third-order valence-electron chi connectivity index (χ3n) is 2.70. The molecule has 0 fully saturated rings. The van der Waals surface area contributed by atoms with E-state index in [4.69, 9.17) is 9.47 Å². The molecule has 0 bridgehead atoms. The van der Waals surface area contributed by atoms with Gasteiger partial charge in [-0.3, -0.25) is 19.2 Å². The van der Waals surface area contributed by atoms with Gasteiger partial charge in [0.2, 0.25) is 8.10 Å². The molecule has 0 aliphatic carbocycles. The lowest BCUT2D eigenvalue weighted by molar-refractivity contribution is -0.147. The summed E-state index contributed by atoms with van der Waals surface area (Å²) in [6.45, 7) is 7.92. The molecule has 8 heteroatoms. The summed E-state index contributed by atoms with van der Waals surface area (Å²) < 4.78 is 21.6. The van der Waals surface area contributed by atoms with Crippen LogP contribution in [0.1, 0.15) is 40.5 Å². The molecule has 0 radical (unpaired) electrons. The summed E-state index contributed by atoms with van der Waals surface area (Å²) in [4.78, 5) is 23.0. The fraction of sp³-hybridized carbons (Fsp3) is 0.846. The summed E-state index contributed by atoms with van der Waals surface area (Å²) >= 11 is 0. The van der Waals surface area contributed by atoms with Crippen LogP contribution in [-0.2, 0) is 23.6 Å². The first-order valence-electron chi connectivity index (χ1n) is 7.29. The molecule has 0 heterocycles. The van der Waals surface area contributed by atoms with Gasteiger partial charge in [-0.15, -0.1) is 0 Å². The lowest BCUT2D eigenvalue weighted by atomic mass is 10.2. The van der Waals surface area contributed by atoms with Crippen molar-refractivity contribution >= 4 is 20.0 Å². The van der Waals surface area contributed by atoms with E-state index in [0.29, 0.717) is 13.2 Å². The summed E-state index contributed by atoms with van der Waals surface area (Å²) in [7, 11) is -2.36. The average molecular weight is 322 g/mol. The van der Waals surface area contributed by atoms with Crippen LogP contribution in [-0.4, -0.2) is 37.7 Å². The fourth-order valence-corrected chi connectivity index (χ4v) is 2.47. The summed E-state index contributed by atoms with van der Waals surface area (Å²) in [6.07, 6.45) is 1.75. The lowest BCUT2D eigenvalue weighted by Crippen LogP contribution is -2.34. The highest BCUT2D eigenvalue weighted by molar-refractivity contribution is 7.40. The first-order valence-corrected chi connectivity index (χ1v) is 8.70. The molecule has 0 spiro atoms. The second-order valence-electron chi connectivity index (χ2n) is 4.75. The molecule has 3 atom stereocenters. The Hall–Kier alpha value is -0.910. The van der Waals surface area contributed by atoms with Crippen molar-refractivity contribution in [2.45, 2.75) is 46.6 Å². The normalized spacial score (nSPS) is 15.0. The Morgan fingerprint density at radius 3 is 2.38 bits per heavy atom. The van der Waals surface area contributed by atoms with Gasteiger partial charge in [-0.25, -0.2) is 5.09 Å². The van der Waals surface area contributed by atoms with Crippen LogP contribution in [0.25, 0.3) is 0 Å². The van der Waals surface area contributed by atoms with Crippen LogP contribution in [0.15, 0.2) is 0 Å². The topological polar surface area (TPSA) is 93.7 Å². The number of unbranched alkanes of at least 4 members (excludes halogenated alkanes) is 1. The molecule has 2 N–H and O–H groups in total. The molecule has 0 aromatic carbocycles. The first kappa shape index (κ1) is 20.1. The predicted molar refractivity (Wildman–Crippen MR) is 81.3 cm³/mol. The zero-order chi connectivity index (χ0) is 16.3. The van der Waals surface area contributed by atoms with E-state index in [1.54, 1.807) is 20.8 Å². The molecule has 7 nitrogen and oxygen atoms in total. The van der Waals surface area contributed by atoms with Crippen molar-refractivity contribution in [2.75, 3.05) is 19.8 Å². The second kappa shape index (κ2) is 11.7. The van der Waals surface area contributed by atoms with E-state index in [9.17, 15) is 14.2 Å². The van der Waals surface area contributed by atoms with E-state index < -0.39 is 26.0 Å². The van der Waals surface area contributed by atoms with Crippen LogP contribution in [0.4, 0.5) is 0 Å². The molecular formula is C13H27N2O5P. The molecule has 124 valence electrons. The largest absolute Gasteiger partial charge is 0.466 e. The number of esters is 2. The lowest BCUT2D eigenvalue weighted by Gasteiger charge is -2.15. The van der Waals surface area contributed by atoms with Crippen molar-refractivity contribution in [3.8, 4) is 0 Å². The van der Waals surface area contributed by atoms with Crippen molar-refractivity contribution < 1.29 is 23.6 Å². The van der Waals surface area contributed by atoms with Gasteiger partial charge in [0.25, 0.3) is 0 Å². The van der Waals surface area contributed by atoms with Crippen LogP contribution in [0.2, 0.25) is 0 Å². The molecule has 0 aliphatic heterocycles. The zero-order valence-electron chi connectivity index (χ0n) is 13.2. The van der Waals surface area contributed by atoms with Gasteiger partial charge in [0, 0.05) is 6.54 Å². The van der Waals surface area contributed by atoms with Gasteiger partial charge in [-0.1, -0.05) is 20.3 Å². The molecular weight excluding hydrogens is 295 g/mol. The van der Waals surface area contributed by atoms with Crippen molar-refractivity contribution in [1.29, 1.82) is 0 Å². The van der Waals surface area contributed by atoms with Crippen LogP contribution < -0.4 is 10.2 Å². The molecule has 0 aromatic rings. The van der Waals surface area contributed by atoms with Crippen LogP contribution >= 0.6 is 8.10 Å². The maximum Gasteiger partial charge on any atom is 0.323 e. The van der Waals surface area contributed by atoms with Gasteiger partial charge in [-0.2, -0.15) is 0 Å². The monoisotopic (exact) mass is 322 g/mol. The van der Waals surface area contributed by atoms with E-state index in [-0.39, 0.29) is 12.5 Å². The number of hydrogen-bond donors (Lipinski definition) is 2. The molecule has 0 aromatic heterocycles. The second-order valence-corrected chi connectivity index (χ2v) is 6.05. The van der Waals surface area contributed by atoms with Crippen molar-refractivity contribution in [3.63, 3.8) is 0 Å². The van der Waals surface area contributed by atoms with Crippen molar-refractivity contribution in [2.24, 2.45) is 5.92 Å². The highest BCUT2D eigenvalue weighted by Gasteiger charge is 2.18. The number of rotatable bonds is 11. The highest BCUT2D eigenvalue weighted by atomic mass is 31.1. The number of ether oxygens (including phenoxy) is 2. The van der Waals surface area contributed by atoms with Crippen molar-refractivity contribution in [3.05, 3.63) is 0 Å². The fourth-order valence-electron chi connectivity index (χ4n) is 1.36. The van der Waals surface area contributed by atoms with E-state index in [2.05, 4.69) is 10.2 Å². The Balaban J connectivity index is 3.97. The van der Waals surface area contributed by atoms with Gasteiger partial charge in [0.05, 0.1) is 19.1 Å². The summed E-state index contributed by atoms with van der Waals surface area (Å²) in [6, 6.07) is -0.654. The average Bonchev–Trinajstić information content (AvgIpc) is 2.44. The smallest absolute Gasteiger partial charge is 0.323 e. The van der Waals surface area contributed by atoms with E-state index in [1.807, 2.05) is 6.92 Å². The van der Waals surface area contributed by atoms with Gasteiger partial charge >= 0.3 is 11.9 Å². The number of nitrogens with one attached hydrogen (secondary N) is 2. The predicted octanol–water partition coefficient (Wildman–Crippen LogP) is 1.49. The third-order valence-corrected chi connectivity index (χ3v) is 3.92. The molecule has 0 rings (SSSR count). The minimum absolute atomic E-state index is 0.223. The maximum absolute atomic E-state index is 11.8. The molecule has 0 aliphatic rings. The Morgan fingerprint density at radius 1 is 1.14 bits per heavy atom.